The number of esters is 1. The van der Waals surface area contributed by atoms with Crippen molar-refractivity contribution in [2.75, 3.05) is 13.6 Å². The third kappa shape index (κ3) is 4.48. The number of hydrogen-bond donors (Lipinski definition) is 1. The molecule has 159 valence electrons. The van der Waals surface area contributed by atoms with E-state index in [1.807, 2.05) is 13.3 Å². The van der Waals surface area contributed by atoms with Crippen LogP contribution in [0.25, 0.3) is 0 Å². The van der Waals surface area contributed by atoms with E-state index < -0.39 is 11.7 Å². The van der Waals surface area contributed by atoms with E-state index in [0.717, 1.165) is 31.0 Å². The summed E-state index contributed by atoms with van der Waals surface area (Å²) in [6.07, 6.45) is 12.7. The van der Waals surface area contributed by atoms with E-state index in [9.17, 15) is 9.90 Å². The van der Waals surface area contributed by atoms with Gasteiger partial charge in [-0.25, -0.2) is 0 Å². The number of fused-ring (bicyclic) bond motifs is 1. The van der Waals surface area contributed by atoms with Crippen LogP contribution in [0.1, 0.15) is 72.6 Å². The molecule has 0 aromatic heterocycles. The molecule has 1 radical (unpaired) electrons. The maximum absolute atomic E-state index is 11.7. The number of hydrogen-bond acceptors (Lipinski definition) is 4. The summed E-state index contributed by atoms with van der Waals surface area (Å²) in [5.74, 6) is 0.978. The standard InChI is InChI=1S/C24H40NO3/c1-16-13-22-21(17(2)15-25(5)20-9-7-6-8-10-20)12-11-18(3)24(22,27)14-23(16)28-19(4)26/h13-14,17-18,20-23,27H,6-12,15H2,1-5H3/t17?,18-,21+,22-,23-,24-/m1/s1. The zero-order chi connectivity index (χ0) is 20.5. The highest BCUT2D eigenvalue weighted by Crippen LogP contribution is 2.50. The molecule has 28 heavy (non-hydrogen) atoms. The van der Waals surface area contributed by atoms with E-state index in [0.29, 0.717) is 11.8 Å². The number of ether oxygens (including phenoxy) is 1. The molecule has 4 nitrogen and oxygen atoms in total. The van der Waals surface area contributed by atoms with E-state index in [1.165, 1.54) is 39.0 Å². The van der Waals surface area contributed by atoms with Crippen LogP contribution in [0, 0.1) is 30.1 Å². The molecule has 1 N–H and O–H groups in total. The molecule has 3 aliphatic rings. The first-order chi connectivity index (χ1) is 13.2. The van der Waals surface area contributed by atoms with Crippen LogP contribution in [0.4, 0.5) is 0 Å². The van der Waals surface area contributed by atoms with Gasteiger partial charge in [0.05, 0.1) is 5.60 Å². The summed E-state index contributed by atoms with van der Waals surface area (Å²) >= 11 is 0. The summed E-state index contributed by atoms with van der Waals surface area (Å²) in [5.41, 5.74) is 0.164. The molecule has 2 saturated carbocycles. The summed E-state index contributed by atoms with van der Waals surface area (Å²) in [6.45, 7) is 9.06. The molecular weight excluding hydrogens is 350 g/mol. The van der Waals surface area contributed by atoms with Gasteiger partial charge in [-0.05, 0) is 63.0 Å². The van der Waals surface area contributed by atoms with Gasteiger partial charge in [-0.3, -0.25) is 4.79 Å². The smallest absolute Gasteiger partial charge is 0.303 e. The Morgan fingerprint density at radius 2 is 1.96 bits per heavy atom. The average molecular weight is 391 g/mol. The zero-order valence-electron chi connectivity index (χ0n) is 18.5. The summed E-state index contributed by atoms with van der Waals surface area (Å²) in [6, 6.07) is 0.723. The van der Waals surface area contributed by atoms with Crippen LogP contribution >= 0.6 is 0 Å². The highest BCUT2D eigenvalue weighted by molar-refractivity contribution is 5.66. The molecule has 0 bridgehead atoms. The largest absolute Gasteiger partial charge is 0.458 e. The van der Waals surface area contributed by atoms with Gasteiger partial charge in [0.1, 0.15) is 6.10 Å². The Hall–Kier alpha value is -0.870. The molecular formula is C24H40NO3. The Morgan fingerprint density at radius 1 is 1.29 bits per heavy atom. The normalized spacial score (nSPS) is 37.9. The van der Waals surface area contributed by atoms with Gasteiger partial charge >= 0.3 is 5.97 Å². The SMILES string of the molecule is CC(=O)O[C@@H]1[CH][C@@]2(O)[C@H](C)CC[C@@H](C(C)CN(C)C3CCCCC3)[C@H]2C=C1C. The van der Waals surface area contributed by atoms with Crippen LogP contribution in [0.5, 0.6) is 0 Å². The van der Waals surface area contributed by atoms with Gasteiger partial charge in [0, 0.05) is 31.8 Å². The van der Waals surface area contributed by atoms with Crippen LogP contribution in [0.3, 0.4) is 0 Å². The Labute approximate surface area is 171 Å². The molecule has 1 unspecified atom stereocenters. The third-order valence-corrected chi connectivity index (χ3v) is 7.83. The van der Waals surface area contributed by atoms with Gasteiger partial charge in [0.2, 0.25) is 0 Å². The maximum Gasteiger partial charge on any atom is 0.303 e. The van der Waals surface area contributed by atoms with E-state index in [1.54, 1.807) is 0 Å². The van der Waals surface area contributed by atoms with Gasteiger partial charge in [0.25, 0.3) is 0 Å². The van der Waals surface area contributed by atoms with Crippen LogP contribution in [0.2, 0.25) is 0 Å². The first-order valence-corrected chi connectivity index (χ1v) is 11.4. The number of rotatable bonds is 5. The predicted octanol–water partition coefficient (Wildman–Crippen LogP) is 4.38. The van der Waals surface area contributed by atoms with Crippen molar-refractivity contribution in [1.29, 1.82) is 0 Å². The summed E-state index contributed by atoms with van der Waals surface area (Å²) in [4.78, 5) is 14.1. The topological polar surface area (TPSA) is 49.8 Å². The second-order valence-corrected chi connectivity index (χ2v) is 9.87. The first kappa shape index (κ1) is 21.8. The summed E-state index contributed by atoms with van der Waals surface area (Å²) in [7, 11) is 2.29. The van der Waals surface area contributed by atoms with E-state index in [-0.39, 0.29) is 17.8 Å². The maximum atomic E-state index is 11.7. The van der Waals surface area contributed by atoms with Gasteiger partial charge in [-0.1, -0.05) is 39.2 Å². The minimum absolute atomic E-state index is 0.109. The van der Waals surface area contributed by atoms with Crippen molar-refractivity contribution in [3.8, 4) is 0 Å². The van der Waals surface area contributed by atoms with Crippen LogP contribution in [0.15, 0.2) is 11.6 Å². The molecule has 0 amide bonds. The fourth-order valence-electron chi connectivity index (χ4n) is 6.01. The van der Waals surface area contributed by atoms with E-state index in [4.69, 9.17) is 4.74 Å². The van der Waals surface area contributed by atoms with Crippen LogP contribution in [-0.2, 0) is 9.53 Å². The molecule has 2 fully saturated rings. The van der Waals surface area contributed by atoms with Crippen LogP contribution in [-0.4, -0.2) is 47.3 Å². The van der Waals surface area contributed by atoms with Crippen molar-refractivity contribution >= 4 is 5.97 Å². The van der Waals surface area contributed by atoms with Crippen molar-refractivity contribution in [2.24, 2.45) is 23.7 Å². The molecule has 0 aliphatic heterocycles. The molecule has 3 aliphatic carbocycles. The summed E-state index contributed by atoms with van der Waals surface area (Å²) < 4.78 is 5.47. The molecule has 6 atom stereocenters. The number of carbonyl (C=O) groups is 1. The Bertz CT molecular complexity index is 582. The quantitative estimate of drug-likeness (QED) is 0.559. The van der Waals surface area contributed by atoms with Gasteiger partial charge in [-0.15, -0.1) is 0 Å². The lowest BCUT2D eigenvalue weighted by molar-refractivity contribution is -0.148. The lowest BCUT2D eigenvalue weighted by atomic mass is 9.57. The van der Waals surface area contributed by atoms with E-state index >= 15 is 0 Å². The van der Waals surface area contributed by atoms with Gasteiger partial charge in [-0.2, -0.15) is 0 Å². The van der Waals surface area contributed by atoms with Gasteiger partial charge < -0.3 is 14.7 Å². The predicted molar refractivity (Wildman–Crippen MR) is 113 cm³/mol. The Kier molecular flexibility index (Phi) is 6.92. The molecule has 0 heterocycles. The van der Waals surface area contributed by atoms with E-state index in [2.05, 4.69) is 31.9 Å². The molecule has 0 saturated heterocycles. The first-order valence-electron chi connectivity index (χ1n) is 11.4. The van der Waals surface area contributed by atoms with Crippen molar-refractivity contribution in [3.63, 3.8) is 0 Å². The van der Waals surface area contributed by atoms with Crippen LogP contribution < -0.4 is 0 Å². The second-order valence-electron chi connectivity index (χ2n) is 9.87. The highest BCUT2D eigenvalue weighted by Gasteiger charge is 2.53. The Morgan fingerprint density at radius 3 is 2.61 bits per heavy atom. The molecule has 0 aromatic carbocycles. The zero-order valence-corrected chi connectivity index (χ0v) is 18.5. The molecule has 0 spiro atoms. The minimum atomic E-state index is -0.889. The molecule has 0 aromatic rings. The van der Waals surface area contributed by atoms with Crippen molar-refractivity contribution in [3.05, 3.63) is 18.1 Å². The fraction of sp³-hybridized carbons (Fsp3) is 0.833. The Balaban J connectivity index is 1.74. The third-order valence-electron chi connectivity index (χ3n) is 7.83. The van der Waals surface area contributed by atoms with Crippen molar-refractivity contribution in [2.45, 2.75) is 90.4 Å². The molecule has 3 rings (SSSR count). The number of nitrogens with zero attached hydrogens (tertiary/aromatic N) is 1. The highest BCUT2D eigenvalue weighted by atomic mass is 16.5. The van der Waals surface area contributed by atoms with Crippen molar-refractivity contribution in [1.82, 2.24) is 4.90 Å². The van der Waals surface area contributed by atoms with Crippen molar-refractivity contribution < 1.29 is 14.6 Å². The second kappa shape index (κ2) is 8.87. The lowest BCUT2D eigenvalue weighted by Gasteiger charge is -2.53. The molecule has 4 heteroatoms. The average Bonchev–Trinajstić information content (AvgIpc) is 2.64. The monoisotopic (exact) mass is 390 g/mol. The summed E-state index contributed by atoms with van der Waals surface area (Å²) in [5, 5.41) is 11.7. The van der Waals surface area contributed by atoms with Gasteiger partial charge in [0.15, 0.2) is 0 Å². The number of carbonyl (C=O) groups excluding carboxylic acids is 1. The lowest BCUT2D eigenvalue weighted by Crippen LogP contribution is -2.56. The number of aliphatic hydroxyl groups is 1. The minimum Gasteiger partial charge on any atom is -0.458 e. The fourth-order valence-corrected chi connectivity index (χ4v) is 6.01.